The fraction of sp³-hybridized carbons (Fsp3) is 0.409. The minimum atomic E-state index is 0.0664. The Hall–Kier alpha value is -1.78. The average Bonchev–Trinajstić information content (AvgIpc) is 2.69. The Morgan fingerprint density at radius 2 is 1.77 bits per heavy atom. The van der Waals surface area contributed by atoms with Crippen LogP contribution in [0.5, 0.6) is 0 Å². The molecule has 0 radical (unpaired) electrons. The van der Waals surface area contributed by atoms with E-state index in [2.05, 4.69) is 59.8 Å². The molecule has 3 nitrogen and oxygen atoms in total. The number of hydrogen-bond donors (Lipinski definition) is 1. The number of carbonyl (C=O) groups excluding carboxylic acids is 1. The van der Waals surface area contributed by atoms with Crippen LogP contribution in [0.2, 0.25) is 0 Å². The molecule has 1 atom stereocenters. The van der Waals surface area contributed by atoms with Gasteiger partial charge in [-0.05, 0) is 62.4 Å². The van der Waals surface area contributed by atoms with E-state index in [1.54, 1.807) is 11.8 Å². The summed E-state index contributed by atoms with van der Waals surface area (Å²) in [6, 6.07) is 19.0. The van der Waals surface area contributed by atoms with Crippen LogP contribution in [-0.4, -0.2) is 30.2 Å². The van der Waals surface area contributed by atoms with Gasteiger partial charge < -0.3 is 5.32 Å². The van der Waals surface area contributed by atoms with Crippen molar-refractivity contribution in [3.63, 3.8) is 0 Å². The lowest BCUT2D eigenvalue weighted by Gasteiger charge is -2.32. The Kier molecular flexibility index (Phi) is 6.75. The van der Waals surface area contributed by atoms with Crippen LogP contribution in [0.1, 0.15) is 36.9 Å². The molecule has 1 amide bonds. The van der Waals surface area contributed by atoms with Crippen molar-refractivity contribution >= 4 is 17.7 Å². The lowest BCUT2D eigenvalue weighted by atomic mass is 9.95. The SMILES string of the molecule is CSc1ccc(CN2CCC(C(=O)N[C@H](C)c3ccccc3)CC2)cc1. The average molecular weight is 369 g/mol. The third kappa shape index (κ3) is 5.12. The van der Waals surface area contributed by atoms with Crippen LogP contribution in [0, 0.1) is 5.92 Å². The second-order valence-corrected chi connectivity index (χ2v) is 7.92. The van der Waals surface area contributed by atoms with Gasteiger partial charge in [0.2, 0.25) is 5.91 Å². The maximum absolute atomic E-state index is 12.6. The molecule has 1 N–H and O–H groups in total. The molecule has 0 saturated carbocycles. The molecule has 2 aromatic rings. The minimum Gasteiger partial charge on any atom is -0.349 e. The smallest absolute Gasteiger partial charge is 0.223 e. The Morgan fingerprint density at radius 3 is 2.38 bits per heavy atom. The van der Waals surface area contributed by atoms with E-state index < -0.39 is 0 Å². The summed E-state index contributed by atoms with van der Waals surface area (Å²) in [5.74, 6) is 0.335. The molecule has 1 aliphatic heterocycles. The van der Waals surface area contributed by atoms with Gasteiger partial charge in [-0.2, -0.15) is 0 Å². The van der Waals surface area contributed by atoms with E-state index in [1.807, 2.05) is 18.2 Å². The normalized spacial score (nSPS) is 17.0. The molecule has 1 aliphatic rings. The second-order valence-electron chi connectivity index (χ2n) is 7.04. The summed E-state index contributed by atoms with van der Waals surface area (Å²) in [6.45, 7) is 5.01. The molecule has 0 aliphatic carbocycles. The number of nitrogens with zero attached hydrogens (tertiary/aromatic N) is 1. The van der Waals surface area contributed by atoms with Gasteiger partial charge in [0.05, 0.1) is 6.04 Å². The van der Waals surface area contributed by atoms with Gasteiger partial charge in [0.1, 0.15) is 0 Å². The lowest BCUT2D eigenvalue weighted by Crippen LogP contribution is -2.40. The van der Waals surface area contributed by atoms with E-state index in [-0.39, 0.29) is 17.9 Å². The number of thioether (sulfide) groups is 1. The Morgan fingerprint density at radius 1 is 1.12 bits per heavy atom. The molecule has 1 saturated heterocycles. The van der Waals surface area contributed by atoms with E-state index in [9.17, 15) is 4.79 Å². The van der Waals surface area contributed by atoms with Crippen molar-refractivity contribution < 1.29 is 4.79 Å². The highest BCUT2D eigenvalue weighted by Crippen LogP contribution is 2.22. The number of hydrogen-bond acceptors (Lipinski definition) is 3. The predicted octanol–water partition coefficient (Wildman–Crippen LogP) is 4.50. The Balaban J connectivity index is 1.46. The van der Waals surface area contributed by atoms with Crippen LogP contribution in [-0.2, 0) is 11.3 Å². The van der Waals surface area contributed by atoms with Gasteiger partial charge in [-0.1, -0.05) is 42.5 Å². The highest BCUT2D eigenvalue weighted by atomic mass is 32.2. The highest BCUT2D eigenvalue weighted by Gasteiger charge is 2.25. The van der Waals surface area contributed by atoms with Gasteiger partial charge in [0.15, 0.2) is 0 Å². The van der Waals surface area contributed by atoms with Crippen LogP contribution in [0.3, 0.4) is 0 Å². The summed E-state index contributed by atoms with van der Waals surface area (Å²) >= 11 is 1.77. The fourth-order valence-corrected chi connectivity index (χ4v) is 3.91. The van der Waals surface area contributed by atoms with Crippen LogP contribution >= 0.6 is 11.8 Å². The Labute approximate surface area is 161 Å². The van der Waals surface area contributed by atoms with Gasteiger partial charge in [-0.15, -0.1) is 11.8 Å². The van der Waals surface area contributed by atoms with Gasteiger partial charge in [-0.3, -0.25) is 9.69 Å². The number of carbonyl (C=O) groups is 1. The molecule has 1 fully saturated rings. The third-order valence-corrected chi connectivity index (χ3v) is 5.93. The summed E-state index contributed by atoms with van der Waals surface area (Å²) in [7, 11) is 0. The molecule has 1 heterocycles. The standard InChI is InChI=1S/C22H28N2OS/c1-17(19-6-4-3-5-7-19)23-22(25)20-12-14-24(15-13-20)16-18-8-10-21(26-2)11-9-18/h3-11,17,20H,12-16H2,1-2H3,(H,23,25)/t17-/m1/s1. The van der Waals surface area contributed by atoms with Gasteiger partial charge in [-0.25, -0.2) is 0 Å². The Bertz CT molecular complexity index is 694. The highest BCUT2D eigenvalue weighted by molar-refractivity contribution is 7.98. The van der Waals surface area contributed by atoms with E-state index in [0.717, 1.165) is 38.0 Å². The zero-order chi connectivity index (χ0) is 18.4. The third-order valence-electron chi connectivity index (χ3n) is 5.18. The molecule has 0 aromatic heterocycles. The van der Waals surface area contributed by atoms with Gasteiger partial charge >= 0.3 is 0 Å². The summed E-state index contributed by atoms with van der Waals surface area (Å²) in [5.41, 5.74) is 2.51. The molecule has 0 spiro atoms. The number of benzene rings is 2. The fourth-order valence-electron chi connectivity index (χ4n) is 3.50. The van der Waals surface area contributed by atoms with E-state index in [1.165, 1.54) is 10.5 Å². The first-order valence-electron chi connectivity index (χ1n) is 9.36. The molecule has 2 aromatic carbocycles. The van der Waals surface area contributed by atoms with E-state index >= 15 is 0 Å². The summed E-state index contributed by atoms with van der Waals surface area (Å²) in [5, 5.41) is 3.18. The topological polar surface area (TPSA) is 32.3 Å². The van der Waals surface area contributed by atoms with Crippen molar-refractivity contribution in [1.82, 2.24) is 10.2 Å². The molecule has 138 valence electrons. The maximum Gasteiger partial charge on any atom is 0.223 e. The first kappa shape index (κ1) is 19.0. The zero-order valence-electron chi connectivity index (χ0n) is 15.7. The number of likely N-dealkylation sites (tertiary alicyclic amines) is 1. The quantitative estimate of drug-likeness (QED) is 0.762. The maximum atomic E-state index is 12.6. The number of piperidine rings is 1. The monoisotopic (exact) mass is 368 g/mol. The second kappa shape index (κ2) is 9.24. The van der Waals surface area contributed by atoms with Crippen molar-refractivity contribution in [1.29, 1.82) is 0 Å². The molecule has 26 heavy (non-hydrogen) atoms. The largest absolute Gasteiger partial charge is 0.349 e. The summed E-state index contributed by atoms with van der Waals surface area (Å²) < 4.78 is 0. The van der Waals surface area contributed by atoms with Crippen LogP contribution < -0.4 is 5.32 Å². The van der Waals surface area contributed by atoms with Crippen LogP contribution in [0.15, 0.2) is 59.5 Å². The molecule has 0 bridgehead atoms. The number of nitrogens with one attached hydrogen (secondary N) is 1. The predicted molar refractivity (Wildman–Crippen MR) is 109 cm³/mol. The van der Waals surface area contributed by atoms with Crippen LogP contribution in [0.4, 0.5) is 0 Å². The lowest BCUT2D eigenvalue weighted by molar-refractivity contribution is -0.127. The van der Waals surface area contributed by atoms with Crippen molar-refractivity contribution in [3.8, 4) is 0 Å². The molecule has 3 rings (SSSR count). The van der Waals surface area contributed by atoms with Gasteiger partial charge in [0.25, 0.3) is 0 Å². The molecule has 0 unspecified atom stereocenters. The minimum absolute atomic E-state index is 0.0664. The van der Waals surface area contributed by atoms with Crippen molar-refractivity contribution in [2.45, 2.75) is 37.2 Å². The number of amides is 1. The summed E-state index contributed by atoms with van der Waals surface area (Å²) in [4.78, 5) is 16.3. The zero-order valence-corrected chi connectivity index (χ0v) is 16.5. The molecule has 4 heteroatoms. The van der Waals surface area contributed by atoms with E-state index in [0.29, 0.717) is 0 Å². The van der Waals surface area contributed by atoms with Crippen LogP contribution in [0.25, 0.3) is 0 Å². The van der Waals surface area contributed by atoms with Crippen molar-refractivity contribution in [2.75, 3.05) is 19.3 Å². The summed E-state index contributed by atoms with van der Waals surface area (Å²) in [6.07, 6.45) is 3.98. The number of rotatable bonds is 6. The van der Waals surface area contributed by atoms with Crippen molar-refractivity contribution in [2.24, 2.45) is 5.92 Å². The first-order valence-corrected chi connectivity index (χ1v) is 10.6. The first-order chi connectivity index (χ1) is 12.7. The molecular formula is C22H28N2OS. The van der Waals surface area contributed by atoms with Gasteiger partial charge in [0, 0.05) is 17.4 Å². The van der Waals surface area contributed by atoms with Crippen molar-refractivity contribution in [3.05, 3.63) is 65.7 Å². The van der Waals surface area contributed by atoms with E-state index in [4.69, 9.17) is 0 Å². The molecular weight excluding hydrogens is 340 g/mol.